The van der Waals surface area contributed by atoms with Crippen molar-refractivity contribution in [3.63, 3.8) is 0 Å². The van der Waals surface area contributed by atoms with E-state index < -0.39 is 10.0 Å². The molecule has 2 aromatic rings. The zero-order chi connectivity index (χ0) is 18.0. The Morgan fingerprint density at radius 2 is 1.96 bits per heavy atom. The number of morpholine rings is 1. The molecular weight excluding hydrogens is 368 g/mol. The number of aryl methyl sites for hydroxylation is 2. The molecule has 0 bridgehead atoms. The first-order valence-electron chi connectivity index (χ1n) is 9.10. The highest BCUT2D eigenvalue weighted by molar-refractivity contribution is 7.89. The largest absolute Gasteiger partial charge is 0.379 e. The van der Waals surface area contributed by atoms with E-state index in [-0.39, 0.29) is 6.04 Å². The minimum atomic E-state index is -3.51. The van der Waals surface area contributed by atoms with Gasteiger partial charge < -0.3 is 4.74 Å². The molecule has 1 aromatic heterocycles. The highest BCUT2D eigenvalue weighted by Crippen LogP contribution is 2.27. The summed E-state index contributed by atoms with van der Waals surface area (Å²) in [5.74, 6) is 0. The number of rotatable bonds is 6. The van der Waals surface area contributed by atoms with Gasteiger partial charge in [0.1, 0.15) is 0 Å². The topological polar surface area (TPSA) is 58.6 Å². The molecular formula is C19H24N2O3S2. The van der Waals surface area contributed by atoms with Crippen LogP contribution in [0.2, 0.25) is 0 Å². The van der Waals surface area contributed by atoms with Crippen LogP contribution in [-0.4, -0.2) is 46.2 Å². The Kier molecular flexibility index (Phi) is 5.42. The van der Waals surface area contributed by atoms with Gasteiger partial charge in [0.15, 0.2) is 0 Å². The van der Waals surface area contributed by atoms with Crippen molar-refractivity contribution in [2.45, 2.75) is 30.2 Å². The lowest BCUT2D eigenvalue weighted by Gasteiger charge is -2.34. The van der Waals surface area contributed by atoms with Crippen LogP contribution in [0.4, 0.5) is 0 Å². The standard InChI is InChI=1S/C19H24N2O3S2/c22-26(23,17-7-6-15-3-1-4-16(15)13-17)20-14-18(19-5-2-12-25-19)21-8-10-24-11-9-21/h2,5-7,12-13,18,20H,1,3-4,8-11,14H2/t18-/m1/s1. The van der Waals surface area contributed by atoms with Crippen LogP contribution >= 0.6 is 11.3 Å². The van der Waals surface area contributed by atoms with Crippen molar-refractivity contribution in [3.8, 4) is 0 Å². The van der Waals surface area contributed by atoms with Crippen molar-refractivity contribution in [3.05, 3.63) is 51.7 Å². The van der Waals surface area contributed by atoms with Gasteiger partial charge in [0.05, 0.1) is 24.2 Å². The van der Waals surface area contributed by atoms with Crippen LogP contribution in [0.25, 0.3) is 0 Å². The Hall–Kier alpha value is -1.25. The average Bonchev–Trinajstić information content (AvgIpc) is 3.34. The molecule has 1 aliphatic heterocycles. The van der Waals surface area contributed by atoms with Crippen LogP contribution < -0.4 is 4.72 Å². The van der Waals surface area contributed by atoms with Gasteiger partial charge in [-0.1, -0.05) is 12.1 Å². The fourth-order valence-corrected chi connectivity index (χ4v) is 5.72. The minimum absolute atomic E-state index is 0.0445. The third-order valence-corrected chi connectivity index (χ3v) is 7.60. The molecule has 0 spiro atoms. The Morgan fingerprint density at radius 3 is 2.73 bits per heavy atom. The van der Waals surface area contributed by atoms with Gasteiger partial charge in [0.25, 0.3) is 0 Å². The molecule has 1 saturated heterocycles. The van der Waals surface area contributed by atoms with E-state index in [1.54, 1.807) is 17.4 Å². The van der Waals surface area contributed by atoms with Crippen molar-refractivity contribution in [1.29, 1.82) is 0 Å². The zero-order valence-electron chi connectivity index (χ0n) is 14.7. The normalized spacial score (nSPS) is 19.4. The van der Waals surface area contributed by atoms with Gasteiger partial charge in [-0.2, -0.15) is 0 Å². The maximum Gasteiger partial charge on any atom is 0.240 e. The maximum absolute atomic E-state index is 12.8. The third-order valence-electron chi connectivity index (χ3n) is 5.21. The lowest BCUT2D eigenvalue weighted by molar-refractivity contribution is 0.0179. The summed E-state index contributed by atoms with van der Waals surface area (Å²) in [7, 11) is -3.51. The van der Waals surface area contributed by atoms with Crippen LogP contribution in [0.1, 0.15) is 28.5 Å². The Bertz CT molecular complexity index is 844. The van der Waals surface area contributed by atoms with E-state index in [1.807, 2.05) is 23.6 Å². The van der Waals surface area contributed by atoms with Gasteiger partial charge in [-0.25, -0.2) is 13.1 Å². The van der Waals surface area contributed by atoms with Gasteiger partial charge in [-0.3, -0.25) is 4.90 Å². The zero-order valence-corrected chi connectivity index (χ0v) is 16.3. The molecule has 140 valence electrons. The van der Waals surface area contributed by atoms with E-state index in [1.165, 1.54) is 16.0 Å². The number of hydrogen-bond acceptors (Lipinski definition) is 5. The quantitative estimate of drug-likeness (QED) is 0.821. The number of sulfonamides is 1. The number of hydrogen-bond donors (Lipinski definition) is 1. The summed E-state index contributed by atoms with van der Waals surface area (Å²) in [6.45, 7) is 3.41. The molecule has 4 rings (SSSR count). The molecule has 0 radical (unpaired) electrons. The molecule has 1 aromatic carbocycles. The summed E-state index contributed by atoms with van der Waals surface area (Å²) in [5, 5.41) is 2.04. The van der Waals surface area contributed by atoms with Gasteiger partial charge in [0, 0.05) is 24.5 Å². The van der Waals surface area contributed by atoms with Gasteiger partial charge >= 0.3 is 0 Å². The van der Waals surface area contributed by atoms with E-state index in [0.717, 1.165) is 32.4 Å². The average molecular weight is 393 g/mol. The molecule has 5 nitrogen and oxygen atoms in total. The SMILES string of the molecule is O=S(=O)(NC[C@H](c1cccs1)N1CCOCC1)c1ccc2c(c1)CCC2. The van der Waals surface area contributed by atoms with Gasteiger partial charge in [0.2, 0.25) is 10.0 Å². The first-order chi connectivity index (χ1) is 12.6. The first-order valence-corrected chi connectivity index (χ1v) is 11.5. The number of nitrogens with zero attached hydrogens (tertiary/aromatic N) is 1. The summed E-state index contributed by atoms with van der Waals surface area (Å²) < 4.78 is 34.0. The number of benzene rings is 1. The summed E-state index contributed by atoms with van der Waals surface area (Å²) in [6.07, 6.45) is 3.15. The number of ether oxygens (including phenoxy) is 1. The highest BCUT2D eigenvalue weighted by atomic mass is 32.2. The lowest BCUT2D eigenvalue weighted by Crippen LogP contribution is -2.43. The molecule has 26 heavy (non-hydrogen) atoms. The molecule has 1 atom stereocenters. The molecule has 2 aliphatic rings. The molecule has 0 unspecified atom stereocenters. The number of thiophene rings is 1. The summed E-state index contributed by atoms with van der Waals surface area (Å²) >= 11 is 1.67. The minimum Gasteiger partial charge on any atom is -0.379 e. The summed E-state index contributed by atoms with van der Waals surface area (Å²) in [6, 6.07) is 9.69. The van der Waals surface area contributed by atoms with Crippen molar-refractivity contribution in [1.82, 2.24) is 9.62 Å². The summed E-state index contributed by atoms with van der Waals surface area (Å²) in [5.41, 5.74) is 2.46. The second-order valence-corrected chi connectivity index (χ2v) is 9.56. The fraction of sp³-hybridized carbons (Fsp3) is 0.474. The van der Waals surface area contributed by atoms with Gasteiger partial charge in [-0.15, -0.1) is 11.3 Å². The second-order valence-electron chi connectivity index (χ2n) is 6.82. The van der Waals surface area contributed by atoms with Crippen LogP contribution in [0.5, 0.6) is 0 Å². The monoisotopic (exact) mass is 392 g/mol. The van der Waals surface area contributed by atoms with Crippen molar-refractivity contribution >= 4 is 21.4 Å². The molecule has 1 aliphatic carbocycles. The predicted octanol–water partition coefficient (Wildman–Crippen LogP) is 2.59. The van der Waals surface area contributed by atoms with Gasteiger partial charge in [-0.05, 0) is 54.0 Å². The van der Waals surface area contributed by atoms with E-state index in [2.05, 4.69) is 15.7 Å². The lowest BCUT2D eigenvalue weighted by atomic mass is 10.1. The van der Waals surface area contributed by atoms with E-state index in [9.17, 15) is 8.42 Å². The Labute approximate surface area is 159 Å². The van der Waals surface area contributed by atoms with Crippen LogP contribution in [0.15, 0.2) is 40.6 Å². The molecule has 7 heteroatoms. The molecule has 0 saturated carbocycles. The van der Waals surface area contributed by atoms with Crippen LogP contribution in [0, 0.1) is 0 Å². The molecule has 1 fully saturated rings. The van der Waals surface area contributed by atoms with E-state index in [0.29, 0.717) is 24.7 Å². The third kappa shape index (κ3) is 3.87. The van der Waals surface area contributed by atoms with Crippen molar-refractivity contribution < 1.29 is 13.2 Å². The summed E-state index contributed by atoms with van der Waals surface area (Å²) in [4.78, 5) is 3.87. The first kappa shape index (κ1) is 18.1. The predicted molar refractivity (Wildman–Crippen MR) is 103 cm³/mol. The highest BCUT2D eigenvalue weighted by Gasteiger charge is 2.26. The molecule has 2 heterocycles. The Balaban J connectivity index is 1.51. The fourth-order valence-electron chi connectivity index (χ4n) is 3.77. The van der Waals surface area contributed by atoms with Crippen molar-refractivity contribution in [2.24, 2.45) is 0 Å². The smallest absolute Gasteiger partial charge is 0.240 e. The van der Waals surface area contributed by atoms with E-state index in [4.69, 9.17) is 4.74 Å². The maximum atomic E-state index is 12.8. The van der Waals surface area contributed by atoms with Crippen LogP contribution in [-0.2, 0) is 27.6 Å². The van der Waals surface area contributed by atoms with Crippen LogP contribution in [0.3, 0.4) is 0 Å². The number of fused-ring (bicyclic) bond motifs is 1. The molecule has 1 N–H and O–H groups in total. The second kappa shape index (κ2) is 7.78. The number of nitrogens with one attached hydrogen (secondary N) is 1. The Morgan fingerprint density at radius 1 is 1.15 bits per heavy atom. The van der Waals surface area contributed by atoms with E-state index >= 15 is 0 Å². The molecule has 0 amide bonds. The van der Waals surface area contributed by atoms with Crippen molar-refractivity contribution in [2.75, 3.05) is 32.8 Å².